The average molecular weight is 339 g/mol. The number of nitriles is 1. The summed E-state index contributed by atoms with van der Waals surface area (Å²) in [5.74, 6) is 0.938. The highest BCUT2D eigenvalue weighted by Crippen LogP contribution is 2.38. The molecule has 0 bridgehead atoms. The molecule has 1 heterocycles. The van der Waals surface area contributed by atoms with E-state index in [4.69, 9.17) is 14.7 Å². The number of carbonyl (C=O) groups excluding carboxylic acids is 1. The molecule has 0 atom stereocenters. The molecule has 7 heteroatoms. The van der Waals surface area contributed by atoms with Gasteiger partial charge < -0.3 is 9.47 Å². The summed E-state index contributed by atoms with van der Waals surface area (Å²) >= 11 is 1.30. The quantitative estimate of drug-likeness (QED) is 0.787. The first kappa shape index (κ1) is 15.8. The highest BCUT2D eigenvalue weighted by Gasteiger charge is 2.16. The molecule has 0 saturated carbocycles. The van der Waals surface area contributed by atoms with E-state index in [0.717, 1.165) is 4.70 Å². The van der Waals surface area contributed by atoms with E-state index in [1.165, 1.54) is 17.4 Å². The second-order valence-electron chi connectivity index (χ2n) is 4.81. The number of nitrogens with zero attached hydrogens (tertiary/aromatic N) is 2. The fourth-order valence-corrected chi connectivity index (χ4v) is 3.21. The van der Waals surface area contributed by atoms with Crippen LogP contribution >= 0.6 is 11.3 Å². The van der Waals surface area contributed by atoms with E-state index in [1.807, 2.05) is 6.07 Å². The molecule has 0 fully saturated rings. The van der Waals surface area contributed by atoms with Crippen LogP contribution in [0.1, 0.15) is 15.9 Å². The molecule has 3 rings (SSSR count). The molecule has 0 aliphatic heterocycles. The first-order valence-electron chi connectivity index (χ1n) is 6.99. The molecule has 1 N–H and O–H groups in total. The lowest BCUT2D eigenvalue weighted by Gasteiger charge is -2.03. The summed E-state index contributed by atoms with van der Waals surface area (Å²) < 4.78 is 11.4. The number of rotatable bonds is 4. The van der Waals surface area contributed by atoms with E-state index >= 15 is 0 Å². The summed E-state index contributed by atoms with van der Waals surface area (Å²) in [7, 11) is 3.14. The van der Waals surface area contributed by atoms with Gasteiger partial charge in [0, 0.05) is 5.56 Å². The second-order valence-corrected chi connectivity index (χ2v) is 5.81. The van der Waals surface area contributed by atoms with Gasteiger partial charge >= 0.3 is 0 Å². The summed E-state index contributed by atoms with van der Waals surface area (Å²) in [5, 5.41) is 12.1. The molecule has 0 spiro atoms. The third-order valence-electron chi connectivity index (χ3n) is 3.38. The Hall–Kier alpha value is -3.11. The number of hydrogen-bond donors (Lipinski definition) is 1. The number of carbonyl (C=O) groups is 1. The Balaban J connectivity index is 1.95. The summed E-state index contributed by atoms with van der Waals surface area (Å²) in [4.78, 5) is 16.8. The highest BCUT2D eigenvalue weighted by molar-refractivity contribution is 7.22. The largest absolute Gasteiger partial charge is 0.495 e. The highest BCUT2D eigenvalue weighted by atomic mass is 32.1. The zero-order valence-electron chi connectivity index (χ0n) is 13.0. The van der Waals surface area contributed by atoms with Crippen molar-refractivity contribution in [2.24, 2.45) is 0 Å². The lowest BCUT2D eigenvalue weighted by atomic mass is 10.1. The van der Waals surface area contributed by atoms with Crippen LogP contribution < -0.4 is 14.8 Å². The normalized spacial score (nSPS) is 10.2. The predicted molar refractivity (Wildman–Crippen MR) is 91.8 cm³/mol. The number of nitrogens with one attached hydrogen (secondary N) is 1. The Morgan fingerprint density at radius 2 is 1.96 bits per heavy atom. The number of ether oxygens (including phenoxy) is 2. The molecule has 0 aliphatic rings. The molecule has 0 saturated heterocycles. The number of methoxy groups -OCH3 is 2. The van der Waals surface area contributed by atoms with E-state index in [2.05, 4.69) is 10.3 Å². The van der Waals surface area contributed by atoms with Crippen molar-refractivity contribution in [1.82, 2.24) is 4.98 Å². The summed E-state index contributed by atoms with van der Waals surface area (Å²) in [6, 6.07) is 12.1. The van der Waals surface area contributed by atoms with Crippen LogP contribution in [-0.2, 0) is 0 Å². The van der Waals surface area contributed by atoms with Gasteiger partial charge in [-0.25, -0.2) is 4.98 Å². The Morgan fingerprint density at radius 3 is 2.67 bits per heavy atom. The van der Waals surface area contributed by atoms with Gasteiger partial charge in [0.05, 0.1) is 25.9 Å². The number of aromatic nitrogens is 1. The van der Waals surface area contributed by atoms with Crippen molar-refractivity contribution in [3.8, 4) is 17.6 Å². The Labute approximate surface area is 142 Å². The zero-order chi connectivity index (χ0) is 17.1. The maximum Gasteiger partial charge on any atom is 0.257 e. The van der Waals surface area contributed by atoms with Gasteiger partial charge in [0.15, 0.2) is 5.13 Å². The third kappa shape index (κ3) is 2.87. The van der Waals surface area contributed by atoms with E-state index in [1.54, 1.807) is 44.6 Å². The van der Waals surface area contributed by atoms with E-state index in [9.17, 15) is 4.79 Å². The lowest BCUT2D eigenvalue weighted by molar-refractivity contribution is 0.102. The second kappa shape index (κ2) is 6.56. The molecule has 1 amide bonds. The zero-order valence-corrected chi connectivity index (χ0v) is 13.8. The number of anilines is 1. The van der Waals surface area contributed by atoms with Gasteiger partial charge in [0.25, 0.3) is 5.91 Å². The van der Waals surface area contributed by atoms with Crippen LogP contribution in [-0.4, -0.2) is 25.1 Å². The minimum atomic E-state index is -0.330. The Morgan fingerprint density at radius 1 is 1.21 bits per heavy atom. The molecule has 0 aliphatic carbocycles. The molecule has 0 unspecified atom stereocenters. The number of hydrogen-bond acceptors (Lipinski definition) is 6. The van der Waals surface area contributed by atoms with Crippen LogP contribution in [0.5, 0.6) is 11.5 Å². The lowest BCUT2D eigenvalue weighted by Crippen LogP contribution is -2.11. The SMILES string of the molecule is COc1ccc(OC)c2sc(NC(=O)c3cccc(C#N)c3)nc12. The van der Waals surface area contributed by atoms with E-state index in [-0.39, 0.29) is 5.91 Å². The molecule has 3 aromatic rings. The van der Waals surface area contributed by atoms with Crippen molar-refractivity contribution < 1.29 is 14.3 Å². The molecule has 0 radical (unpaired) electrons. The number of fused-ring (bicyclic) bond motifs is 1. The van der Waals surface area contributed by atoms with Gasteiger partial charge in [-0.3, -0.25) is 10.1 Å². The monoisotopic (exact) mass is 339 g/mol. The van der Waals surface area contributed by atoms with Gasteiger partial charge in [-0.2, -0.15) is 5.26 Å². The maximum absolute atomic E-state index is 12.4. The Bertz CT molecular complexity index is 918. The fraction of sp³-hybridized carbons (Fsp3) is 0.118. The molecule has 120 valence electrons. The van der Waals surface area contributed by atoms with Crippen molar-refractivity contribution in [3.63, 3.8) is 0 Å². The average Bonchev–Trinajstić information content (AvgIpc) is 3.04. The van der Waals surface area contributed by atoms with Crippen molar-refractivity contribution in [1.29, 1.82) is 5.26 Å². The van der Waals surface area contributed by atoms with Gasteiger partial charge in [0.2, 0.25) is 0 Å². The smallest absolute Gasteiger partial charge is 0.257 e. The Kier molecular flexibility index (Phi) is 4.31. The van der Waals surface area contributed by atoms with Gasteiger partial charge in [0.1, 0.15) is 21.7 Å². The minimum Gasteiger partial charge on any atom is -0.495 e. The number of thiazole rings is 1. The van der Waals surface area contributed by atoms with Crippen LogP contribution in [0, 0.1) is 11.3 Å². The molecule has 6 nitrogen and oxygen atoms in total. The van der Waals surface area contributed by atoms with Gasteiger partial charge in [-0.1, -0.05) is 17.4 Å². The van der Waals surface area contributed by atoms with Crippen LogP contribution in [0.15, 0.2) is 36.4 Å². The summed E-state index contributed by atoms with van der Waals surface area (Å²) in [6.07, 6.45) is 0. The van der Waals surface area contributed by atoms with Gasteiger partial charge in [-0.15, -0.1) is 0 Å². The fourth-order valence-electron chi connectivity index (χ4n) is 2.24. The van der Waals surface area contributed by atoms with E-state index < -0.39 is 0 Å². The maximum atomic E-state index is 12.4. The van der Waals surface area contributed by atoms with Crippen molar-refractivity contribution in [3.05, 3.63) is 47.5 Å². The molecule has 2 aromatic carbocycles. The van der Waals surface area contributed by atoms with Crippen LogP contribution in [0.3, 0.4) is 0 Å². The topological polar surface area (TPSA) is 84.2 Å². The van der Waals surface area contributed by atoms with E-state index in [0.29, 0.717) is 33.3 Å². The standard InChI is InChI=1S/C17H13N3O3S/c1-22-12-6-7-13(23-2)15-14(12)19-17(24-15)20-16(21)11-5-3-4-10(8-11)9-18/h3-8H,1-2H3,(H,19,20,21). The number of benzene rings is 2. The van der Waals surface area contributed by atoms with Crippen LogP contribution in [0.2, 0.25) is 0 Å². The number of amides is 1. The summed E-state index contributed by atoms with van der Waals surface area (Å²) in [5.41, 5.74) is 1.45. The minimum absolute atomic E-state index is 0.330. The summed E-state index contributed by atoms with van der Waals surface area (Å²) in [6.45, 7) is 0. The molecule has 1 aromatic heterocycles. The molecular formula is C17H13N3O3S. The molecule has 24 heavy (non-hydrogen) atoms. The van der Waals surface area contributed by atoms with Crippen molar-refractivity contribution >= 4 is 32.6 Å². The first-order valence-corrected chi connectivity index (χ1v) is 7.81. The first-order chi connectivity index (χ1) is 11.7. The van der Waals surface area contributed by atoms with Crippen LogP contribution in [0.25, 0.3) is 10.2 Å². The molecular weight excluding hydrogens is 326 g/mol. The predicted octanol–water partition coefficient (Wildman–Crippen LogP) is 3.44. The van der Waals surface area contributed by atoms with Crippen molar-refractivity contribution in [2.45, 2.75) is 0 Å². The third-order valence-corrected chi connectivity index (χ3v) is 4.37. The van der Waals surface area contributed by atoms with Crippen LogP contribution in [0.4, 0.5) is 5.13 Å². The van der Waals surface area contributed by atoms with Crippen molar-refractivity contribution in [2.75, 3.05) is 19.5 Å². The van der Waals surface area contributed by atoms with Gasteiger partial charge in [-0.05, 0) is 30.3 Å².